The van der Waals surface area contributed by atoms with Gasteiger partial charge in [0.1, 0.15) is 9.84 Å². The van der Waals surface area contributed by atoms with Crippen LogP contribution in [0.4, 0.5) is 4.39 Å². The molecule has 0 spiro atoms. The molecule has 0 saturated carbocycles. The van der Waals surface area contributed by atoms with Crippen molar-refractivity contribution in [3.63, 3.8) is 0 Å². The molecular formula is C8H12ClFO3S. The van der Waals surface area contributed by atoms with E-state index in [0.717, 1.165) is 0 Å². The fourth-order valence-electron chi connectivity index (χ4n) is 1.56. The number of sulfone groups is 1. The number of carbonyl (C=O) groups is 1. The van der Waals surface area contributed by atoms with Gasteiger partial charge in [0.25, 0.3) is 5.24 Å². The third-order valence-electron chi connectivity index (χ3n) is 2.46. The molecule has 0 radical (unpaired) electrons. The van der Waals surface area contributed by atoms with Gasteiger partial charge in [0.15, 0.2) is 6.17 Å². The van der Waals surface area contributed by atoms with Crippen LogP contribution in [-0.4, -0.2) is 31.3 Å². The number of hydrogen-bond donors (Lipinski definition) is 0. The maximum absolute atomic E-state index is 12.9. The second kappa shape index (κ2) is 4.57. The van der Waals surface area contributed by atoms with Crippen LogP contribution >= 0.6 is 11.6 Å². The van der Waals surface area contributed by atoms with Gasteiger partial charge < -0.3 is 0 Å². The average Bonchev–Trinajstić information content (AvgIpc) is 2.08. The summed E-state index contributed by atoms with van der Waals surface area (Å²) < 4.78 is 34.9. The predicted octanol–water partition coefficient (Wildman–Crippen LogP) is 1.30. The van der Waals surface area contributed by atoms with Gasteiger partial charge in [0, 0.05) is 0 Å². The van der Waals surface area contributed by atoms with Crippen LogP contribution < -0.4 is 0 Å². The number of halogens is 2. The van der Waals surface area contributed by atoms with Crippen molar-refractivity contribution >= 4 is 26.7 Å². The normalized spacial score (nSPS) is 24.4. The standard InChI is InChI=1S/C8H12ClFO3S/c9-8(11)7(10)5-6-1-3-14(12,13)4-2-6/h6-7H,1-5H2. The zero-order valence-electron chi connectivity index (χ0n) is 7.58. The van der Waals surface area contributed by atoms with Crippen LogP contribution in [0.3, 0.4) is 0 Å². The van der Waals surface area contributed by atoms with Crippen molar-refractivity contribution in [3.05, 3.63) is 0 Å². The monoisotopic (exact) mass is 242 g/mol. The summed E-state index contributed by atoms with van der Waals surface area (Å²) in [6.07, 6.45) is -0.722. The molecule has 0 aromatic carbocycles. The van der Waals surface area contributed by atoms with Gasteiger partial charge >= 0.3 is 0 Å². The van der Waals surface area contributed by atoms with Gasteiger partial charge in [-0.25, -0.2) is 12.8 Å². The van der Waals surface area contributed by atoms with E-state index in [2.05, 4.69) is 0 Å². The second-order valence-electron chi connectivity index (χ2n) is 3.60. The molecule has 14 heavy (non-hydrogen) atoms. The molecule has 1 aliphatic rings. The first-order valence-corrected chi connectivity index (χ1v) is 6.64. The Labute approximate surface area is 87.5 Å². The summed E-state index contributed by atoms with van der Waals surface area (Å²) in [6.45, 7) is 0. The van der Waals surface area contributed by atoms with Crippen LogP contribution in [0.5, 0.6) is 0 Å². The van der Waals surface area contributed by atoms with E-state index in [4.69, 9.17) is 11.6 Å². The Morgan fingerprint density at radius 2 is 1.93 bits per heavy atom. The van der Waals surface area contributed by atoms with Gasteiger partial charge in [-0.1, -0.05) is 0 Å². The lowest BCUT2D eigenvalue weighted by molar-refractivity contribution is -0.116. The highest BCUT2D eigenvalue weighted by molar-refractivity contribution is 7.91. The molecule has 1 atom stereocenters. The molecule has 0 aromatic rings. The Hall–Kier alpha value is -0.160. The van der Waals surface area contributed by atoms with E-state index in [-0.39, 0.29) is 23.8 Å². The molecule has 1 unspecified atom stereocenters. The van der Waals surface area contributed by atoms with E-state index in [0.29, 0.717) is 12.8 Å². The van der Waals surface area contributed by atoms with Gasteiger partial charge in [0.05, 0.1) is 11.5 Å². The maximum Gasteiger partial charge on any atom is 0.255 e. The zero-order chi connectivity index (χ0) is 10.8. The van der Waals surface area contributed by atoms with Gasteiger partial charge in [-0.3, -0.25) is 4.79 Å². The molecule has 1 heterocycles. The summed E-state index contributed by atoms with van der Waals surface area (Å²) in [7, 11) is -2.91. The van der Waals surface area contributed by atoms with E-state index in [1.165, 1.54) is 0 Å². The van der Waals surface area contributed by atoms with Crippen LogP contribution in [0.25, 0.3) is 0 Å². The Balaban J connectivity index is 2.40. The maximum atomic E-state index is 12.9. The van der Waals surface area contributed by atoms with E-state index >= 15 is 0 Å². The quantitative estimate of drug-likeness (QED) is 0.701. The van der Waals surface area contributed by atoms with E-state index in [1.54, 1.807) is 0 Å². The molecule has 0 N–H and O–H groups in total. The van der Waals surface area contributed by atoms with Gasteiger partial charge in [-0.15, -0.1) is 0 Å². The second-order valence-corrected chi connectivity index (χ2v) is 6.28. The Morgan fingerprint density at radius 1 is 1.43 bits per heavy atom. The lowest BCUT2D eigenvalue weighted by Gasteiger charge is -2.22. The number of alkyl halides is 1. The highest BCUT2D eigenvalue weighted by Gasteiger charge is 2.27. The summed E-state index contributed by atoms with van der Waals surface area (Å²) in [6, 6.07) is 0. The van der Waals surface area contributed by atoms with E-state index < -0.39 is 21.3 Å². The lowest BCUT2D eigenvalue weighted by atomic mass is 9.96. The minimum Gasteiger partial charge on any atom is -0.278 e. The van der Waals surface area contributed by atoms with Crippen LogP contribution in [0.15, 0.2) is 0 Å². The largest absolute Gasteiger partial charge is 0.278 e. The number of rotatable bonds is 3. The molecule has 6 heteroatoms. The Kier molecular flexibility index (Phi) is 3.89. The van der Waals surface area contributed by atoms with E-state index in [1.807, 2.05) is 0 Å². The van der Waals surface area contributed by atoms with Gasteiger partial charge in [-0.05, 0) is 36.8 Å². The number of carbonyl (C=O) groups excluding carboxylic acids is 1. The molecule has 0 bridgehead atoms. The molecule has 1 fully saturated rings. The van der Waals surface area contributed by atoms with Crippen molar-refractivity contribution in [1.82, 2.24) is 0 Å². The highest BCUT2D eigenvalue weighted by atomic mass is 35.5. The van der Waals surface area contributed by atoms with Crippen molar-refractivity contribution in [1.29, 1.82) is 0 Å². The first kappa shape index (κ1) is 11.9. The molecule has 0 aromatic heterocycles. The molecule has 0 amide bonds. The third-order valence-corrected chi connectivity index (χ3v) is 4.41. The fourth-order valence-corrected chi connectivity index (χ4v) is 3.24. The van der Waals surface area contributed by atoms with Crippen molar-refractivity contribution in [3.8, 4) is 0 Å². The molecular weight excluding hydrogens is 231 g/mol. The minimum absolute atomic E-state index is 0.0313. The first-order chi connectivity index (χ1) is 6.41. The summed E-state index contributed by atoms with van der Waals surface area (Å²) in [5.41, 5.74) is 0. The predicted molar refractivity (Wildman–Crippen MR) is 51.8 cm³/mol. The molecule has 1 rings (SSSR count). The Bertz CT molecular complexity index is 301. The summed E-state index contributed by atoms with van der Waals surface area (Å²) in [5, 5.41) is -0.988. The summed E-state index contributed by atoms with van der Waals surface area (Å²) in [5.74, 6) is 0.165. The molecule has 0 aliphatic carbocycles. The first-order valence-electron chi connectivity index (χ1n) is 4.44. The van der Waals surface area contributed by atoms with Gasteiger partial charge in [0.2, 0.25) is 0 Å². The van der Waals surface area contributed by atoms with Crippen LogP contribution in [0.1, 0.15) is 19.3 Å². The number of hydrogen-bond acceptors (Lipinski definition) is 3. The molecule has 1 aliphatic heterocycles. The molecule has 1 saturated heterocycles. The van der Waals surface area contributed by atoms with Gasteiger partial charge in [-0.2, -0.15) is 0 Å². The summed E-state index contributed by atoms with van der Waals surface area (Å²) in [4.78, 5) is 10.4. The SMILES string of the molecule is O=C(Cl)C(F)CC1CCS(=O)(=O)CC1. The van der Waals surface area contributed by atoms with E-state index in [9.17, 15) is 17.6 Å². The van der Waals surface area contributed by atoms with Crippen molar-refractivity contribution < 1.29 is 17.6 Å². The lowest BCUT2D eigenvalue weighted by Crippen LogP contribution is -2.26. The smallest absolute Gasteiger partial charge is 0.255 e. The molecule has 82 valence electrons. The fraction of sp³-hybridized carbons (Fsp3) is 0.875. The minimum atomic E-state index is -2.91. The third kappa shape index (κ3) is 3.53. The van der Waals surface area contributed by atoms with Crippen molar-refractivity contribution in [2.75, 3.05) is 11.5 Å². The zero-order valence-corrected chi connectivity index (χ0v) is 9.15. The average molecular weight is 243 g/mol. The van der Waals surface area contributed by atoms with Crippen LogP contribution in [0, 0.1) is 5.92 Å². The van der Waals surface area contributed by atoms with Crippen LogP contribution in [0.2, 0.25) is 0 Å². The van der Waals surface area contributed by atoms with Crippen molar-refractivity contribution in [2.24, 2.45) is 5.92 Å². The molecule has 3 nitrogen and oxygen atoms in total. The highest BCUT2D eigenvalue weighted by Crippen LogP contribution is 2.24. The Morgan fingerprint density at radius 3 is 2.36 bits per heavy atom. The van der Waals surface area contributed by atoms with Crippen molar-refractivity contribution in [2.45, 2.75) is 25.4 Å². The summed E-state index contributed by atoms with van der Waals surface area (Å²) >= 11 is 4.97. The topological polar surface area (TPSA) is 51.2 Å². The van der Waals surface area contributed by atoms with Crippen LogP contribution in [-0.2, 0) is 14.6 Å².